The van der Waals surface area contributed by atoms with Crippen molar-refractivity contribution in [2.24, 2.45) is 0 Å². The molecule has 0 aromatic rings. The van der Waals surface area contributed by atoms with E-state index in [0.29, 0.717) is 12.8 Å². The summed E-state index contributed by atoms with van der Waals surface area (Å²) in [5.41, 5.74) is 0. The van der Waals surface area contributed by atoms with Gasteiger partial charge in [0.15, 0.2) is 0 Å². The van der Waals surface area contributed by atoms with Crippen LogP contribution in [0.1, 0.15) is 142 Å². The number of esters is 2. The first kappa shape index (κ1) is 56.0. The zero-order valence-electron chi connectivity index (χ0n) is 34.9. The molecular weight excluding hydrogens is 794 g/mol. The number of phosphoric acid groups is 2. The maximum atomic E-state index is 12.1. The van der Waals surface area contributed by atoms with Crippen LogP contribution in [0.5, 0.6) is 0 Å². The van der Waals surface area contributed by atoms with E-state index in [9.17, 15) is 43.8 Å². The molecule has 0 rings (SSSR count). The number of phosphoric ester groups is 2. The second-order valence-corrected chi connectivity index (χ2v) is 16.9. The zero-order valence-corrected chi connectivity index (χ0v) is 36.7. The molecule has 58 heavy (non-hydrogen) atoms. The Morgan fingerprint density at radius 2 is 0.741 bits per heavy atom. The van der Waals surface area contributed by atoms with Crippen LogP contribution in [0.2, 0.25) is 0 Å². The second-order valence-electron chi connectivity index (χ2n) is 14.0. The molecule has 0 radical (unpaired) electrons. The molecule has 0 aromatic heterocycles. The summed E-state index contributed by atoms with van der Waals surface area (Å²) in [7, 11) is -9.59. The molecule has 0 saturated heterocycles. The number of carbonyl (C=O) groups is 2. The topological polar surface area (TPSA) is 225 Å². The molecule has 4 atom stereocenters. The van der Waals surface area contributed by atoms with Gasteiger partial charge >= 0.3 is 27.6 Å². The maximum absolute atomic E-state index is 12.1. The molecule has 0 aromatic carbocycles. The fraction of sp³-hybridized carbons (Fsp3) is 0.756. The maximum Gasteiger partial charge on any atom is 0.472 e. The Morgan fingerprint density at radius 3 is 1.09 bits per heavy atom. The van der Waals surface area contributed by atoms with Gasteiger partial charge in [-0.2, -0.15) is 0 Å². The minimum absolute atomic E-state index is 0.0885. The van der Waals surface area contributed by atoms with Crippen molar-refractivity contribution >= 4 is 27.6 Å². The smallest absolute Gasteiger partial charge is 0.463 e. The quantitative estimate of drug-likeness (QED) is 0.0168. The van der Waals surface area contributed by atoms with E-state index in [1.807, 2.05) is 24.3 Å². The lowest BCUT2D eigenvalue weighted by atomic mass is 10.1. The molecule has 0 saturated carbocycles. The number of rotatable bonds is 40. The Labute approximate surface area is 347 Å². The Balaban J connectivity index is 4.04. The SMILES string of the molecule is CCCCCCCC/C=C\C/C=C/CCC(=O)OCC(O)COP(=O)(O)OCC(O)COP(=O)(O)OCC(O)COC(=O)CC/C=C/C/C=C\CCCCCCCC. The van der Waals surface area contributed by atoms with E-state index in [2.05, 4.69) is 56.2 Å². The number of allylic oxidation sites excluding steroid dienone is 8. The predicted molar refractivity (Wildman–Crippen MR) is 224 cm³/mol. The summed E-state index contributed by atoms with van der Waals surface area (Å²) in [4.78, 5) is 43.5. The van der Waals surface area contributed by atoms with Crippen molar-refractivity contribution in [2.75, 3.05) is 39.6 Å². The lowest BCUT2D eigenvalue weighted by Gasteiger charge is -2.19. The molecule has 4 unspecified atom stereocenters. The Bertz CT molecular complexity index is 1150. The molecule has 338 valence electrons. The second kappa shape index (κ2) is 38.0. The number of carbonyl (C=O) groups excluding carboxylic acids is 2. The lowest BCUT2D eigenvalue weighted by molar-refractivity contribution is -0.148. The van der Waals surface area contributed by atoms with E-state index in [-0.39, 0.29) is 12.8 Å². The standard InChI is InChI=1S/C41H74O15P2/c1-3-5-7-9-11-13-15-17-19-21-23-25-27-29-40(45)51-31-37(42)33-53-57(47,48)55-35-39(44)36-56-58(49,50)54-34-38(43)32-52-41(46)30-28-26-24-22-20-18-16-14-12-10-8-6-4-2/h17-20,23-26,37-39,42-44H,3-16,21-22,27-36H2,1-2H3,(H,47,48)(H,49,50)/b19-17-,20-18-,25-23+,26-24+. The van der Waals surface area contributed by atoms with Crippen LogP contribution in [0.25, 0.3) is 0 Å². The lowest BCUT2D eigenvalue weighted by Crippen LogP contribution is -2.25. The molecule has 0 fully saturated rings. The van der Waals surface area contributed by atoms with Gasteiger partial charge in [-0.25, -0.2) is 9.13 Å². The third-order valence-corrected chi connectivity index (χ3v) is 10.2. The largest absolute Gasteiger partial charge is 0.472 e. The molecular formula is C41H74O15P2. The molecule has 0 bridgehead atoms. The van der Waals surface area contributed by atoms with Crippen molar-refractivity contribution in [1.82, 2.24) is 0 Å². The average molecular weight is 869 g/mol. The molecule has 15 nitrogen and oxygen atoms in total. The zero-order chi connectivity index (χ0) is 43.2. The highest BCUT2D eigenvalue weighted by atomic mass is 31.2. The van der Waals surface area contributed by atoms with Gasteiger partial charge in [0.2, 0.25) is 0 Å². The highest BCUT2D eigenvalue weighted by Gasteiger charge is 2.28. The molecule has 0 amide bonds. The summed E-state index contributed by atoms with van der Waals surface area (Å²) in [6.07, 6.45) is 31.5. The Morgan fingerprint density at radius 1 is 0.448 bits per heavy atom. The van der Waals surface area contributed by atoms with Gasteiger partial charge in [0.25, 0.3) is 0 Å². The van der Waals surface area contributed by atoms with Crippen molar-refractivity contribution in [3.05, 3.63) is 48.6 Å². The first-order valence-electron chi connectivity index (χ1n) is 21.0. The summed E-state index contributed by atoms with van der Waals surface area (Å²) in [5.74, 6) is -1.13. The number of aliphatic hydroxyl groups is 3. The summed E-state index contributed by atoms with van der Waals surface area (Å²) in [6, 6.07) is 0. The van der Waals surface area contributed by atoms with Crippen molar-refractivity contribution < 1.29 is 71.4 Å². The first-order valence-corrected chi connectivity index (χ1v) is 24.0. The predicted octanol–water partition coefficient (Wildman–Crippen LogP) is 8.49. The van der Waals surface area contributed by atoms with Crippen LogP contribution in [-0.2, 0) is 46.3 Å². The van der Waals surface area contributed by atoms with Crippen molar-refractivity contribution in [1.29, 1.82) is 0 Å². The van der Waals surface area contributed by atoms with Gasteiger partial charge in [-0.3, -0.25) is 27.7 Å². The summed E-state index contributed by atoms with van der Waals surface area (Å²) < 4.78 is 52.6. The third-order valence-electron chi connectivity index (χ3n) is 8.28. The number of hydrogen-bond acceptors (Lipinski definition) is 13. The van der Waals surface area contributed by atoms with Crippen molar-refractivity contribution in [3.8, 4) is 0 Å². The Kier molecular flexibility index (Phi) is 36.7. The Hall–Kier alpha value is -2.00. The normalized spacial score (nSPS) is 15.9. The summed E-state index contributed by atoms with van der Waals surface area (Å²) in [6.45, 7) is 0.230. The average Bonchev–Trinajstić information content (AvgIpc) is 3.19. The van der Waals surface area contributed by atoms with E-state index >= 15 is 0 Å². The number of aliphatic hydroxyl groups excluding tert-OH is 3. The highest BCUT2D eigenvalue weighted by molar-refractivity contribution is 7.47. The number of unbranched alkanes of at least 4 members (excludes halogenated alkanes) is 12. The van der Waals surface area contributed by atoms with Crippen LogP contribution in [0.3, 0.4) is 0 Å². The van der Waals surface area contributed by atoms with E-state index in [0.717, 1.165) is 25.7 Å². The fourth-order valence-corrected chi connectivity index (χ4v) is 6.55. The van der Waals surface area contributed by atoms with Crippen molar-refractivity contribution in [3.63, 3.8) is 0 Å². The van der Waals surface area contributed by atoms with Crippen LogP contribution in [0.4, 0.5) is 0 Å². The fourth-order valence-electron chi connectivity index (χ4n) is 4.96. The first-order chi connectivity index (χ1) is 27.8. The van der Waals surface area contributed by atoms with Gasteiger partial charge in [0.05, 0.1) is 26.4 Å². The van der Waals surface area contributed by atoms with Gasteiger partial charge in [-0.05, 0) is 51.4 Å². The molecule has 0 spiro atoms. The molecule has 0 aliphatic rings. The molecule has 0 heterocycles. The van der Waals surface area contributed by atoms with Gasteiger partial charge < -0.3 is 34.6 Å². The van der Waals surface area contributed by atoms with Gasteiger partial charge in [0.1, 0.15) is 31.5 Å². The van der Waals surface area contributed by atoms with E-state index in [1.165, 1.54) is 77.0 Å². The number of ether oxygens (including phenoxy) is 2. The highest BCUT2D eigenvalue weighted by Crippen LogP contribution is 2.45. The van der Waals surface area contributed by atoms with E-state index < -0.39 is 85.5 Å². The van der Waals surface area contributed by atoms with E-state index in [4.69, 9.17) is 9.47 Å². The van der Waals surface area contributed by atoms with Gasteiger partial charge in [-0.15, -0.1) is 0 Å². The van der Waals surface area contributed by atoms with Crippen LogP contribution in [0.15, 0.2) is 48.6 Å². The molecule has 0 aliphatic carbocycles. The van der Waals surface area contributed by atoms with Crippen LogP contribution in [-0.4, -0.2) is 95.0 Å². The monoisotopic (exact) mass is 868 g/mol. The summed E-state index contributed by atoms with van der Waals surface area (Å²) in [5, 5.41) is 29.9. The number of hydrogen-bond donors (Lipinski definition) is 5. The van der Waals surface area contributed by atoms with E-state index in [1.54, 1.807) is 0 Å². The summed E-state index contributed by atoms with van der Waals surface area (Å²) >= 11 is 0. The van der Waals surface area contributed by atoms with Gasteiger partial charge in [0, 0.05) is 12.8 Å². The van der Waals surface area contributed by atoms with Crippen LogP contribution >= 0.6 is 15.6 Å². The van der Waals surface area contributed by atoms with Crippen LogP contribution < -0.4 is 0 Å². The molecule has 17 heteroatoms. The molecule has 5 N–H and O–H groups in total. The minimum Gasteiger partial charge on any atom is -0.463 e. The van der Waals surface area contributed by atoms with Crippen molar-refractivity contribution in [2.45, 2.75) is 161 Å². The van der Waals surface area contributed by atoms with Crippen LogP contribution in [0, 0.1) is 0 Å². The minimum atomic E-state index is -4.79. The molecule has 0 aliphatic heterocycles. The van der Waals surface area contributed by atoms with Gasteiger partial charge in [-0.1, -0.05) is 127 Å². The third kappa shape index (κ3) is 39.5.